The van der Waals surface area contributed by atoms with Crippen LogP contribution in [0.4, 0.5) is 66.5 Å². The van der Waals surface area contributed by atoms with Gasteiger partial charge in [-0.3, -0.25) is 19.6 Å². The number of nitrogens with zero attached hydrogens (tertiary/aromatic N) is 28. The lowest BCUT2D eigenvalue weighted by Crippen LogP contribution is -2.14. The summed E-state index contributed by atoms with van der Waals surface area (Å²) in [5.41, 5.74) is 26.4. The zero-order chi connectivity index (χ0) is 62.8. The van der Waals surface area contributed by atoms with E-state index in [1.54, 1.807) is 67.5 Å². The van der Waals surface area contributed by atoms with Crippen molar-refractivity contribution >= 4 is 113 Å². The normalized spacial score (nSPS) is 11.4. The van der Waals surface area contributed by atoms with Crippen LogP contribution < -0.4 is 45.4 Å². The topological polar surface area (TPSA) is 560 Å². The van der Waals surface area contributed by atoms with E-state index in [0.717, 1.165) is 46.1 Å². The van der Waals surface area contributed by atoms with E-state index in [1.807, 2.05) is 0 Å². The molecule has 0 saturated carbocycles. The standard InChI is InChI=1S/4C11H11N9OS/c2*1-5-9(16-17-11-15-6(2)19-22-11)10(12)20(18-5)7-3-8(21)14-4-13-7;2*1-5-8(16-17-11-14-6(2)19-22-11)9(12)20(18-5)7-3-4-13-10(21)15-7/h2*3-4H,12H2,1-2H3,(H,13,14,21);2*3-4H,12H2,1-2H3,(H,13,15,21). The SMILES string of the molecule is Cc1nsc(N=Nc2c(C)nn(-c3cc(=O)[nH]cn3)c2N)n1.Cc1nsc(N=Nc2c(C)nn(-c3cc(=O)[nH]cn3)c2N)n1.Cc1nsc(N=Nc2c(C)nn(-c3ccnc(=O)[nH]3)c2N)n1.Cc1nsc(N=Nc2c(C)nn(-c3ccnc(=O)[nH]3)c2N)n1. The second kappa shape index (κ2) is 26.8. The van der Waals surface area contributed by atoms with Crippen LogP contribution in [0.1, 0.15) is 46.1 Å². The van der Waals surface area contributed by atoms with Gasteiger partial charge in [0, 0.05) is 70.7 Å². The van der Waals surface area contributed by atoms with Gasteiger partial charge < -0.3 is 32.9 Å². The molecular weight excluding hydrogens is 1220 g/mol. The summed E-state index contributed by atoms with van der Waals surface area (Å²) in [7, 11) is 0. The van der Waals surface area contributed by atoms with E-state index in [9.17, 15) is 19.2 Å². The van der Waals surface area contributed by atoms with Gasteiger partial charge in [0.2, 0.25) is 20.5 Å². The smallest absolute Gasteiger partial charge is 0.346 e. The molecule has 0 aliphatic heterocycles. The van der Waals surface area contributed by atoms with Gasteiger partial charge in [0.15, 0.2) is 57.7 Å². The minimum Gasteiger partial charge on any atom is -0.382 e. The van der Waals surface area contributed by atoms with Crippen LogP contribution in [-0.4, -0.2) is 116 Å². The molecule has 0 atom stereocenters. The molecule has 0 aromatic carbocycles. The van der Waals surface area contributed by atoms with Gasteiger partial charge in [-0.05, 0) is 67.5 Å². The minimum atomic E-state index is -0.488. The first-order valence-corrected chi connectivity index (χ1v) is 27.8. The summed E-state index contributed by atoms with van der Waals surface area (Å²) >= 11 is 4.56. The van der Waals surface area contributed by atoms with Gasteiger partial charge in [0.05, 0.1) is 35.4 Å². The molecule has 40 nitrogen and oxygen atoms in total. The monoisotopic (exact) mass is 1270 g/mol. The van der Waals surface area contributed by atoms with Crippen molar-refractivity contribution in [3.05, 3.63) is 137 Å². The second-order valence-corrected chi connectivity index (χ2v) is 20.2. The molecule has 0 bridgehead atoms. The summed E-state index contributed by atoms with van der Waals surface area (Å²) in [6.45, 7) is 14.0. The molecule has 0 unspecified atom stereocenters. The Bertz CT molecular complexity index is 4230. The minimum absolute atomic E-state index is 0.237. The van der Waals surface area contributed by atoms with Gasteiger partial charge in [-0.15, -0.1) is 40.9 Å². The van der Waals surface area contributed by atoms with E-state index in [2.05, 4.69) is 139 Å². The van der Waals surface area contributed by atoms with Crippen molar-refractivity contribution in [2.24, 2.45) is 40.9 Å². The number of nitrogens with two attached hydrogens (primary N) is 4. The maximum Gasteiger partial charge on any atom is 0.346 e. The molecule has 12 N–H and O–H groups in total. The highest BCUT2D eigenvalue weighted by atomic mass is 32.1. The largest absolute Gasteiger partial charge is 0.382 e. The number of hydrogen-bond donors (Lipinski definition) is 8. The number of hydrogen-bond acceptors (Lipinski definition) is 36. The maximum atomic E-state index is 11.3. The Morgan fingerprint density at radius 3 is 0.943 bits per heavy atom. The fourth-order valence-electron chi connectivity index (χ4n) is 6.95. The van der Waals surface area contributed by atoms with Crippen LogP contribution in [0.25, 0.3) is 23.3 Å². The number of aromatic nitrogens is 24. The molecule has 12 rings (SSSR count). The molecule has 44 heteroatoms. The fourth-order valence-corrected chi connectivity index (χ4v) is 8.97. The van der Waals surface area contributed by atoms with Crippen molar-refractivity contribution in [2.75, 3.05) is 22.9 Å². The molecule has 0 aliphatic rings. The zero-order valence-corrected chi connectivity index (χ0v) is 50.0. The van der Waals surface area contributed by atoms with Crippen LogP contribution >= 0.6 is 46.1 Å². The van der Waals surface area contributed by atoms with Gasteiger partial charge in [-0.1, -0.05) is 0 Å². The molecule has 0 saturated heterocycles. The highest BCUT2D eigenvalue weighted by molar-refractivity contribution is 7.10. The molecule has 0 spiro atoms. The van der Waals surface area contributed by atoms with Gasteiger partial charge in [0.1, 0.15) is 34.9 Å². The van der Waals surface area contributed by atoms with E-state index < -0.39 is 11.4 Å². The predicted molar refractivity (Wildman–Crippen MR) is 320 cm³/mol. The number of nitrogen functional groups attached to an aromatic ring is 4. The Morgan fingerprint density at radius 2 is 0.682 bits per heavy atom. The summed E-state index contributed by atoms with van der Waals surface area (Å²) in [4.78, 5) is 86.7. The van der Waals surface area contributed by atoms with Crippen molar-refractivity contribution in [3.63, 3.8) is 0 Å². The van der Waals surface area contributed by atoms with Crippen molar-refractivity contribution in [2.45, 2.75) is 55.4 Å². The number of rotatable bonds is 12. The Labute approximate surface area is 506 Å². The Balaban J connectivity index is 0.000000140. The molecule has 448 valence electrons. The fraction of sp³-hybridized carbons (Fsp3) is 0.182. The first kappa shape index (κ1) is 60.8. The van der Waals surface area contributed by atoms with Crippen molar-refractivity contribution in [3.8, 4) is 23.3 Å². The first-order chi connectivity index (χ1) is 42.2. The number of anilines is 4. The van der Waals surface area contributed by atoms with Crippen LogP contribution in [0.2, 0.25) is 0 Å². The number of aryl methyl sites for hydroxylation is 8. The second-order valence-electron chi connectivity index (χ2n) is 17.3. The van der Waals surface area contributed by atoms with Gasteiger partial charge >= 0.3 is 11.4 Å². The summed E-state index contributed by atoms with van der Waals surface area (Å²) in [6, 6.07) is 5.74. The average Bonchev–Trinajstić information content (AvgIpc) is 4.03. The summed E-state index contributed by atoms with van der Waals surface area (Å²) in [5.74, 6) is 4.91. The quantitative estimate of drug-likeness (QED) is 0.0681. The zero-order valence-electron chi connectivity index (χ0n) is 46.7. The van der Waals surface area contributed by atoms with Crippen molar-refractivity contribution < 1.29 is 0 Å². The molecule has 12 aromatic rings. The lowest BCUT2D eigenvalue weighted by molar-refractivity contribution is 0.825. The average molecular weight is 1270 g/mol. The lowest BCUT2D eigenvalue weighted by Gasteiger charge is -2.01. The molecular formula is C44H44N36O4S4. The highest BCUT2D eigenvalue weighted by Crippen LogP contribution is 2.34. The number of azo groups is 4. The molecule has 0 fully saturated rings. The number of aromatic amines is 4. The number of nitrogens with one attached hydrogen (secondary N) is 4. The van der Waals surface area contributed by atoms with E-state index >= 15 is 0 Å². The Hall–Kier alpha value is -11.8. The molecule has 88 heavy (non-hydrogen) atoms. The molecule has 12 aromatic heterocycles. The van der Waals surface area contributed by atoms with E-state index in [1.165, 1.54) is 55.9 Å². The predicted octanol–water partition coefficient (Wildman–Crippen LogP) is 5.69. The van der Waals surface area contributed by atoms with Gasteiger partial charge in [-0.25, -0.2) is 49.5 Å². The van der Waals surface area contributed by atoms with Gasteiger partial charge in [-0.2, -0.15) is 56.6 Å². The number of H-pyrrole nitrogens is 4. The van der Waals surface area contributed by atoms with Gasteiger partial charge in [0.25, 0.3) is 11.1 Å². The van der Waals surface area contributed by atoms with E-state index in [-0.39, 0.29) is 34.4 Å². The third-order valence-electron chi connectivity index (χ3n) is 10.8. The third-order valence-corrected chi connectivity index (χ3v) is 13.6. The first-order valence-electron chi connectivity index (χ1n) is 24.7. The maximum absolute atomic E-state index is 11.3. The van der Waals surface area contributed by atoms with Crippen LogP contribution in [-0.2, 0) is 0 Å². The Morgan fingerprint density at radius 1 is 0.398 bits per heavy atom. The summed E-state index contributed by atoms with van der Waals surface area (Å²) in [6.07, 6.45) is 5.30. The third kappa shape index (κ3) is 14.7. The molecule has 0 radical (unpaired) electrons. The van der Waals surface area contributed by atoms with Crippen LogP contribution in [0.5, 0.6) is 0 Å². The lowest BCUT2D eigenvalue weighted by atomic mass is 10.4. The van der Waals surface area contributed by atoms with Crippen molar-refractivity contribution in [1.82, 2.24) is 116 Å². The molecule has 0 amide bonds. The molecule has 12 heterocycles. The van der Waals surface area contributed by atoms with E-state index in [0.29, 0.717) is 113 Å². The summed E-state index contributed by atoms with van der Waals surface area (Å²) in [5, 5.41) is 50.9. The van der Waals surface area contributed by atoms with Crippen molar-refractivity contribution in [1.29, 1.82) is 0 Å². The molecule has 0 aliphatic carbocycles. The summed E-state index contributed by atoms with van der Waals surface area (Å²) < 4.78 is 21.5. The highest BCUT2D eigenvalue weighted by Gasteiger charge is 2.19. The van der Waals surface area contributed by atoms with Crippen LogP contribution in [0.3, 0.4) is 0 Å². The van der Waals surface area contributed by atoms with E-state index in [4.69, 9.17) is 22.9 Å². The van der Waals surface area contributed by atoms with Crippen LogP contribution in [0.15, 0.2) is 109 Å². The Kier molecular flexibility index (Phi) is 18.5. The van der Waals surface area contributed by atoms with Crippen LogP contribution in [0, 0.1) is 55.4 Å².